The fraction of sp³-hybridized carbons (Fsp3) is 0.800. The third-order valence-corrected chi connectivity index (χ3v) is 2.05. The molecule has 1 aliphatic heterocycles. The first kappa shape index (κ1) is 11.7. The van der Waals surface area contributed by atoms with Gasteiger partial charge in [0, 0.05) is 13.1 Å². The quantitative estimate of drug-likeness (QED) is 0.486. The van der Waals surface area contributed by atoms with E-state index in [2.05, 4.69) is 4.99 Å². The number of rotatable bonds is 1. The maximum absolute atomic E-state index is 11.6. The van der Waals surface area contributed by atoms with Crippen molar-refractivity contribution in [3.05, 3.63) is 0 Å². The van der Waals surface area contributed by atoms with Gasteiger partial charge < -0.3 is 9.64 Å². The van der Waals surface area contributed by atoms with Crippen molar-refractivity contribution in [2.75, 3.05) is 13.1 Å². The first-order valence-corrected chi connectivity index (χ1v) is 4.97. The summed E-state index contributed by atoms with van der Waals surface area (Å²) in [6, 6.07) is -0.116. The van der Waals surface area contributed by atoms with E-state index in [1.807, 2.05) is 20.8 Å². The smallest absolute Gasteiger partial charge is 0.410 e. The van der Waals surface area contributed by atoms with Crippen LogP contribution in [-0.4, -0.2) is 41.8 Å². The third-order valence-electron chi connectivity index (χ3n) is 2.05. The molecule has 0 unspecified atom stereocenters. The number of carbonyl (C=O) groups excluding carboxylic acids is 2. The molecule has 0 N–H and O–H groups in total. The predicted molar refractivity (Wildman–Crippen MR) is 54.3 cm³/mol. The summed E-state index contributed by atoms with van der Waals surface area (Å²) in [4.78, 5) is 26.8. The molecule has 0 bridgehead atoms. The second-order valence-electron chi connectivity index (χ2n) is 4.59. The van der Waals surface area contributed by atoms with E-state index in [0.717, 1.165) is 0 Å². The Morgan fingerprint density at radius 3 is 2.73 bits per heavy atom. The van der Waals surface area contributed by atoms with Crippen LogP contribution < -0.4 is 0 Å². The van der Waals surface area contributed by atoms with E-state index in [9.17, 15) is 9.59 Å². The Labute approximate surface area is 89.1 Å². The van der Waals surface area contributed by atoms with Gasteiger partial charge in [0.05, 0.1) is 6.04 Å². The van der Waals surface area contributed by atoms with Crippen molar-refractivity contribution in [3.63, 3.8) is 0 Å². The number of hydrogen-bond donors (Lipinski definition) is 0. The first-order chi connectivity index (χ1) is 6.92. The maximum atomic E-state index is 11.6. The molecule has 0 aromatic rings. The molecule has 0 radical (unpaired) electrons. The Morgan fingerprint density at radius 2 is 2.20 bits per heavy atom. The largest absolute Gasteiger partial charge is 0.444 e. The van der Waals surface area contributed by atoms with Crippen LogP contribution in [-0.2, 0) is 9.53 Å². The third kappa shape index (κ3) is 3.72. The minimum absolute atomic E-state index is 0.116. The molecular weight excluding hydrogens is 196 g/mol. The van der Waals surface area contributed by atoms with Gasteiger partial charge in [-0.05, 0) is 27.2 Å². The van der Waals surface area contributed by atoms with Gasteiger partial charge in [-0.3, -0.25) is 0 Å². The zero-order valence-corrected chi connectivity index (χ0v) is 9.32. The van der Waals surface area contributed by atoms with E-state index in [1.54, 1.807) is 4.90 Å². The van der Waals surface area contributed by atoms with Crippen molar-refractivity contribution in [3.8, 4) is 0 Å². The summed E-state index contributed by atoms with van der Waals surface area (Å²) in [5.41, 5.74) is -0.483. The van der Waals surface area contributed by atoms with Crippen LogP contribution in [0.3, 0.4) is 0 Å². The van der Waals surface area contributed by atoms with Gasteiger partial charge in [0.15, 0.2) is 0 Å². The monoisotopic (exact) mass is 212 g/mol. The lowest BCUT2D eigenvalue weighted by molar-refractivity contribution is 0.0293. The predicted octanol–water partition coefficient (Wildman–Crippen LogP) is 1.33. The lowest BCUT2D eigenvalue weighted by atomic mass is 10.2. The zero-order valence-electron chi connectivity index (χ0n) is 9.32. The minimum Gasteiger partial charge on any atom is -0.444 e. The van der Waals surface area contributed by atoms with E-state index in [1.165, 1.54) is 6.08 Å². The molecule has 0 spiro atoms. The van der Waals surface area contributed by atoms with Gasteiger partial charge in [0.2, 0.25) is 6.08 Å². The summed E-state index contributed by atoms with van der Waals surface area (Å²) < 4.78 is 5.19. The Bertz CT molecular complexity index is 290. The minimum atomic E-state index is -0.483. The Morgan fingerprint density at radius 1 is 1.53 bits per heavy atom. The van der Waals surface area contributed by atoms with Gasteiger partial charge in [-0.15, -0.1) is 0 Å². The Hall–Kier alpha value is -1.35. The average molecular weight is 212 g/mol. The van der Waals surface area contributed by atoms with Crippen molar-refractivity contribution in [1.29, 1.82) is 0 Å². The fourth-order valence-corrected chi connectivity index (χ4v) is 1.41. The second-order valence-corrected chi connectivity index (χ2v) is 4.59. The molecule has 5 nitrogen and oxygen atoms in total. The van der Waals surface area contributed by atoms with Gasteiger partial charge in [-0.25, -0.2) is 14.6 Å². The average Bonchev–Trinajstić information content (AvgIpc) is 2.50. The second kappa shape index (κ2) is 4.45. The lowest BCUT2D eigenvalue weighted by Gasteiger charge is -2.24. The van der Waals surface area contributed by atoms with Gasteiger partial charge in [0.1, 0.15) is 5.60 Å². The molecule has 1 heterocycles. The fourth-order valence-electron chi connectivity index (χ4n) is 1.41. The Balaban J connectivity index is 2.47. The molecule has 0 saturated carbocycles. The highest BCUT2D eigenvalue weighted by molar-refractivity contribution is 5.68. The summed E-state index contributed by atoms with van der Waals surface area (Å²) in [5, 5.41) is 0. The van der Waals surface area contributed by atoms with Crippen LogP contribution in [0.15, 0.2) is 4.99 Å². The molecule has 1 saturated heterocycles. The van der Waals surface area contributed by atoms with Gasteiger partial charge in [-0.1, -0.05) is 0 Å². The molecule has 1 atom stereocenters. The molecular formula is C10H16N2O3. The van der Waals surface area contributed by atoms with E-state index in [-0.39, 0.29) is 12.1 Å². The first-order valence-electron chi connectivity index (χ1n) is 4.97. The summed E-state index contributed by atoms with van der Waals surface area (Å²) >= 11 is 0. The Kier molecular flexibility index (Phi) is 3.48. The highest BCUT2D eigenvalue weighted by Crippen LogP contribution is 2.16. The molecule has 15 heavy (non-hydrogen) atoms. The van der Waals surface area contributed by atoms with Crippen molar-refractivity contribution in [1.82, 2.24) is 4.90 Å². The number of nitrogens with zero attached hydrogens (tertiary/aromatic N) is 2. The number of hydrogen-bond acceptors (Lipinski definition) is 4. The highest BCUT2D eigenvalue weighted by Gasteiger charge is 2.29. The van der Waals surface area contributed by atoms with E-state index in [4.69, 9.17) is 4.74 Å². The van der Waals surface area contributed by atoms with Crippen molar-refractivity contribution >= 4 is 12.2 Å². The molecule has 1 aliphatic rings. The molecule has 5 heteroatoms. The van der Waals surface area contributed by atoms with Crippen LogP contribution in [0, 0.1) is 0 Å². The van der Waals surface area contributed by atoms with Crippen molar-refractivity contribution in [2.24, 2.45) is 4.99 Å². The summed E-state index contributed by atoms with van der Waals surface area (Å²) in [7, 11) is 0. The van der Waals surface area contributed by atoms with E-state index >= 15 is 0 Å². The maximum Gasteiger partial charge on any atom is 0.410 e. The number of ether oxygens (including phenoxy) is 1. The number of carbonyl (C=O) groups is 1. The van der Waals surface area contributed by atoms with Crippen LogP contribution in [0.4, 0.5) is 4.79 Å². The van der Waals surface area contributed by atoms with Gasteiger partial charge in [-0.2, -0.15) is 0 Å². The number of amides is 1. The van der Waals surface area contributed by atoms with Crippen LogP contribution >= 0.6 is 0 Å². The van der Waals surface area contributed by atoms with Crippen LogP contribution in [0.5, 0.6) is 0 Å². The summed E-state index contributed by atoms with van der Waals surface area (Å²) in [5.74, 6) is 0. The lowest BCUT2D eigenvalue weighted by Crippen LogP contribution is -2.35. The molecule has 0 aromatic carbocycles. The molecule has 0 aromatic heterocycles. The molecule has 0 aliphatic carbocycles. The number of aliphatic imine (C=N–C) groups is 1. The number of likely N-dealkylation sites (tertiary alicyclic amines) is 1. The van der Waals surface area contributed by atoms with E-state index in [0.29, 0.717) is 19.5 Å². The zero-order chi connectivity index (χ0) is 11.5. The van der Waals surface area contributed by atoms with Gasteiger partial charge in [0.25, 0.3) is 0 Å². The standard InChI is InChI=1S/C10H16N2O3/c1-10(2,3)15-9(14)12-5-4-8(6-12)11-7-13/h8H,4-6H2,1-3H3/t8-/m0/s1. The van der Waals surface area contributed by atoms with Crippen molar-refractivity contribution in [2.45, 2.75) is 38.8 Å². The normalized spacial score (nSPS) is 21.0. The van der Waals surface area contributed by atoms with Crippen LogP contribution in [0.1, 0.15) is 27.2 Å². The SMILES string of the molecule is CC(C)(C)OC(=O)N1CC[C@H](N=C=O)C1. The highest BCUT2D eigenvalue weighted by atomic mass is 16.6. The summed E-state index contributed by atoms with van der Waals surface area (Å²) in [6.07, 6.45) is 1.87. The van der Waals surface area contributed by atoms with E-state index < -0.39 is 5.60 Å². The topological polar surface area (TPSA) is 59.0 Å². The van der Waals surface area contributed by atoms with Crippen molar-refractivity contribution < 1.29 is 14.3 Å². The van der Waals surface area contributed by atoms with Crippen LogP contribution in [0.25, 0.3) is 0 Å². The number of isocyanates is 1. The van der Waals surface area contributed by atoms with Crippen LogP contribution in [0.2, 0.25) is 0 Å². The molecule has 84 valence electrons. The molecule has 1 fully saturated rings. The molecule has 1 amide bonds. The van der Waals surface area contributed by atoms with Gasteiger partial charge >= 0.3 is 6.09 Å². The summed E-state index contributed by atoms with van der Waals surface area (Å²) in [6.45, 7) is 6.50. The molecule has 1 rings (SSSR count).